The number of carbonyl (C=O) groups is 3. The highest BCUT2D eigenvalue weighted by Crippen LogP contribution is 2.72. The first-order chi connectivity index (χ1) is 15.8. The minimum atomic E-state index is -2.25. The number of alkyl halides is 3. The smallest absolute Gasteiger partial charge is 0.306 e. The summed E-state index contributed by atoms with van der Waals surface area (Å²) in [5.74, 6) is -2.95. The number of rotatable bonds is 4. The highest BCUT2D eigenvalue weighted by molar-refractivity contribution is 8.14. The molecule has 5 nitrogen and oxygen atoms in total. The average molecular weight is 517 g/mol. The van der Waals surface area contributed by atoms with Crippen LogP contribution in [-0.4, -0.2) is 50.7 Å². The second kappa shape index (κ2) is 8.41. The second-order valence-corrected chi connectivity index (χ2v) is 12.1. The molecule has 0 spiro atoms. The quantitative estimate of drug-likeness (QED) is 0.431. The Morgan fingerprint density at radius 2 is 1.97 bits per heavy atom. The van der Waals surface area contributed by atoms with Gasteiger partial charge >= 0.3 is 5.97 Å². The molecule has 1 unspecified atom stereocenters. The largest absolute Gasteiger partial charge is 0.449 e. The predicted molar refractivity (Wildman–Crippen MR) is 126 cm³/mol. The third-order valence-corrected chi connectivity index (χ3v) is 10.2. The first-order valence-corrected chi connectivity index (χ1v) is 13.3. The maximum atomic E-state index is 17.3. The van der Waals surface area contributed by atoms with Crippen LogP contribution >= 0.6 is 23.4 Å². The van der Waals surface area contributed by atoms with E-state index >= 15 is 8.78 Å². The Hall–Kier alpha value is -1.25. The van der Waals surface area contributed by atoms with Gasteiger partial charge in [0.25, 0.3) is 0 Å². The normalized spacial score (nSPS) is 47.4. The Labute approximate surface area is 207 Å². The molecular weight excluding hydrogens is 486 g/mol. The summed E-state index contributed by atoms with van der Waals surface area (Å²) in [6.45, 7) is 6.69. The molecule has 34 heavy (non-hydrogen) atoms. The van der Waals surface area contributed by atoms with Crippen LogP contribution in [0.4, 0.5) is 8.78 Å². The lowest BCUT2D eigenvalue weighted by molar-refractivity contribution is -0.228. The number of esters is 1. The third kappa shape index (κ3) is 3.10. The molecule has 0 aromatic heterocycles. The number of thioether (sulfide) groups is 1. The van der Waals surface area contributed by atoms with Crippen LogP contribution in [0.25, 0.3) is 0 Å². The van der Waals surface area contributed by atoms with Crippen molar-refractivity contribution in [3.63, 3.8) is 0 Å². The van der Waals surface area contributed by atoms with Crippen LogP contribution in [0.5, 0.6) is 0 Å². The number of ether oxygens (including phenoxy) is 1. The molecule has 0 aliphatic heterocycles. The van der Waals surface area contributed by atoms with Crippen molar-refractivity contribution >= 4 is 40.2 Å². The molecular formula is C25H31ClF2O5S. The van der Waals surface area contributed by atoms with Crippen LogP contribution in [-0.2, 0) is 19.1 Å². The van der Waals surface area contributed by atoms with Crippen LogP contribution in [0.2, 0.25) is 0 Å². The van der Waals surface area contributed by atoms with Gasteiger partial charge in [0.15, 0.2) is 17.1 Å². The SMILES string of the molecule is CCC(=O)O[C@]1(C(=O)SCCl)[C@H](C)C[C@H]2C3C[C@H](F)C4=CC(=O)C=C[C@@]4(C)[C@@]3(F)[C@@H](O)C[C@]21C. The minimum absolute atomic E-state index is 0.0462. The molecule has 0 aromatic carbocycles. The maximum Gasteiger partial charge on any atom is 0.306 e. The van der Waals surface area contributed by atoms with E-state index in [4.69, 9.17) is 16.3 Å². The molecule has 4 rings (SSSR count). The fourth-order valence-electron chi connectivity index (χ4n) is 7.63. The summed E-state index contributed by atoms with van der Waals surface area (Å²) in [6.07, 6.45) is 0.613. The van der Waals surface area contributed by atoms with Gasteiger partial charge in [0.05, 0.1) is 11.3 Å². The summed E-state index contributed by atoms with van der Waals surface area (Å²) in [5.41, 5.74) is -6.46. The number of aliphatic hydroxyl groups is 1. The molecule has 0 amide bonds. The lowest BCUT2D eigenvalue weighted by Crippen LogP contribution is -2.70. The Bertz CT molecular complexity index is 986. The van der Waals surface area contributed by atoms with Crippen molar-refractivity contribution < 1.29 is 33.0 Å². The number of aliphatic hydroxyl groups excluding tert-OH is 1. The zero-order valence-electron chi connectivity index (χ0n) is 19.8. The molecule has 0 heterocycles. The fraction of sp³-hybridized carbons (Fsp3) is 0.720. The van der Waals surface area contributed by atoms with Gasteiger partial charge in [-0.2, -0.15) is 0 Å². The Kier molecular flexibility index (Phi) is 6.39. The summed E-state index contributed by atoms with van der Waals surface area (Å²) in [4.78, 5) is 38.0. The van der Waals surface area contributed by atoms with Crippen LogP contribution < -0.4 is 0 Å². The maximum absolute atomic E-state index is 17.3. The van der Waals surface area contributed by atoms with E-state index in [0.717, 1.165) is 17.8 Å². The lowest BCUT2D eigenvalue weighted by Gasteiger charge is -2.63. The van der Waals surface area contributed by atoms with E-state index in [1.54, 1.807) is 20.8 Å². The van der Waals surface area contributed by atoms with Gasteiger partial charge in [0.2, 0.25) is 5.12 Å². The van der Waals surface area contributed by atoms with E-state index in [1.807, 2.05) is 0 Å². The minimum Gasteiger partial charge on any atom is -0.449 e. The molecule has 4 aliphatic rings. The number of allylic oxidation sites excluding steroid dienone is 4. The standard InChI is InChI=1S/C25H31ClF2O5S/c1-5-20(31)33-25(21(32)34-12-26)13(2)8-15-16-10-18(27)17-9-14(29)6-7-22(17,3)24(16,28)19(30)11-23(15,25)4/h6-7,9,13,15-16,18-19,30H,5,8,10-12H2,1-4H3/t13-,15+,16?,18+,19+,22-,23-,24+,25+/m1/s1. The van der Waals surface area contributed by atoms with E-state index in [-0.39, 0.29) is 30.0 Å². The van der Waals surface area contributed by atoms with Crippen molar-refractivity contribution in [3.05, 3.63) is 23.8 Å². The predicted octanol–water partition coefficient (Wildman–Crippen LogP) is 4.70. The Morgan fingerprint density at radius 1 is 1.29 bits per heavy atom. The van der Waals surface area contributed by atoms with E-state index in [1.165, 1.54) is 19.1 Å². The first-order valence-electron chi connectivity index (χ1n) is 11.7. The molecule has 0 aromatic rings. The van der Waals surface area contributed by atoms with Gasteiger partial charge in [-0.1, -0.05) is 38.6 Å². The molecule has 188 valence electrons. The van der Waals surface area contributed by atoms with Crippen molar-refractivity contribution in [1.29, 1.82) is 0 Å². The topological polar surface area (TPSA) is 80.7 Å². The second-order valence-electron chi connectivity index (χ2n) is 10.6. The van der Waals surface area contributed by atoms with E-state index in [9.17, 15) is 19.5 Å². The molecule has 0 saturated heterocycles. The van der Waals surface area contributed by atoms with Gasteiger partial charge in [-0.3, -0.25) is 14.4 Å². The molecule has 0 radical (unpaired) electrons. The first kappa shape index (κ1) is 25.8. The number of halogens is 3. The monoisotopic (exact) mass is 516 g/mol. The van der Waals surface area contributed by atoms with Crippen molar-refractivity contribution in [2.45, 2.75) is 76.9 Å². The molecule has 3 fully saturated rings. The molecule has 9 heteroatoms. The molecule has 9 atom stereocenters. The van der Waals surface area contributed by atoms with E-state index < -0.39 is 69.0 Å². The molecule has 3 saturated carbocycles. The number of carbonyl (C=O) groups excluding carboxylic acids is 3. The van der Waals surface area contributed by atoms with Crippen LogP contribution in [0, 0.1) is 28.6 Å². The Morgan fingerprint density at radius 3 is 2.59 bits per heavy atom. The summed E-state index contributed by atoms with van der Waals surface area (Å²) in [6, 6.07) is 0. The number of hydrogen-bond donors (Lipinski definition) is 1. The van der Waals surface area contributed by atoms with Crippen molar-refractivity contribution in [2.75, 3.05) is 5.21 Å². The van der Waals surface area contributed by atoms with Crippen molar-refractivity contribution in [1.82, 2.24) is 0 Å². The van der Waals surface area contributed by atoms with Crippen LogP contribution in [0.3, 0.4) is 0 Å². The van der Waals surface area contributed by atoms with Crippen LogP contribution in [0.15, 0.2) is 23.8 Å². The number of ketones is 1. The van der Waals surface area contributed by atoms with Gasteiger partial charge in [-0.15, -0.1) is 11.6 Å². The molecule has 4 aliphatic carbocycles. The zero-order valence-corrected chi connectivity index (χ0v) is 21.3. The van der Waals surface area contributed by atoms with Crippen molar-refractivity contribution in [3.8, 4) is 0 Å². The van der Waals surface area contributed by atoms with Gasteiger partial charge in [-0.25, -0.2) is 8.78 Å². The number of fused-ring (bicyclic) bond motifs is 5. The number of hydrogen-bond acceptors (Lipinski definition) is 6. The fourth-order valence-corrected chi connectivity index (χ4v) is 8.71. The van der Waals surface area contributed by atoms with Crippen molar-refractivity contribution in [2.24, 2.45) is 28.6 Å². The van der Waals surface area contributed by atoms with Crippen LogP contribution in [0.1, 0.15) is 53.4 Å². The summed E-state index contributed by atoms with van der Waals surface area (Å²) in [5, 5.41) is 11.0. The van der Waals surface area contributed by atoms with Gasteiger partial charge in [-0.05, 0) is 49.8 Å². The van der Waals surface area contributed by atoms with Gasteiger partial charge in [0, 0.05) is 29.1 Å². The lowest BCUT2D eigenvalue weighted by atomic mass is 9.44. The molecule has 1 N–H and O–H groups in total. The van der Waals surface area contributed by atoms with Gasteiger partial charge in [0.1, 0.15) is 6.17 Å². The highest BCUT2D eigenvalue weighted by atomic mass is 35.5. The summed E-state index contributed by atoms with van der Waals surface area (Å²) < 4.78 is 38.7. The van der Waals surface area contributed by atoms with E-state index in [0.29, 0.717) is 6.42 Å². The zero-order chi connectivity index (χ0) is 25.3. The summed E-state index contributed by atoms with van der Waals surface area (Å²) >= 11 is 6.69. The highest BCUT2D eigenvalue weighted by Gasteiger charge is 2.78. The summed E-state index contributed by atoms with van der Waals surface area (Å²) in [7, 11) is 0. The van der Waals surface area contributed by atoms with E-state index in [2.05, 4.69) is 0 Å². The third-order valence-electron chi connectivity index (χ3n) is 9.22. The molecule has 0 bridgehead atoms. The van der Waals surface area contributed by atoms with Gasteiger partial charge < -0.3 is 9.84 Å². The Balaban J connectivity index is 1.87. The average Bonchev–Trinajstić information content (AvgIpc) is 2.99.